The van der Waals surface area contributed by atoms with Crippen molar-refractivity contribution in [2.75, 3.05) is 0 Å². The third-order valence-electron chi connectivity index (χ3n) is 4.40. The van der Waals surface area contributed by atoms with Gasteiger partial charge in [0.25, 0.3) is 11.2 Å². The Hall–Kier alpha value is -3.33. The zero-order valence-corrected chi connectivity index (χ0v) is 17.2. The van der Waals surface area contributed by atoms with E-state index in [1.165, 1.54) is 10.6 Å². The molecule has 29 heavy (non-hydrogen) atoms. The number of halogens is 1. The molecule has 0 bridgehead atoms. The Labute approximate surface area is 179 Å². The first kappa shape index (κ1) is 19.0. The topological polar surface area (TPSA) is 78.0 Å². The smallest absolute Gasteiger partial charge is 0.268 e. The maximum absolute atomic E-state index is 13.4. The van der Waals surface area contributed by atoms with Gasteiger partial charge in [-0.25, -0.2) is 4.98 Å². The molecule has 0 aliphatic rings. The van der Waals surface area contributed by atoms with Crippen LogP contribution in [0.1, 0.15) is 11.4 Å². The molecular weight excluding hydrogens is 481 g/mol. The summed E-state index contributed by atoms with van der Waals surface area (Å²) < 4.78 is 2.19. The van der Waals surface area contributed by atoms with Crippen LogP contribution in [-0.2, 0) is 0 Å². The summed E-state index contributed by atoms with van der Waals surface area (Å²) in [6.07, 6.45) is 3.52. The Kier molecular flexibility index (Phi) is 5.22. The predicted octanol–water partition coefficient (Wildman–Crippen LogP) is 5.07. The molecule has 0 atom stereocenters. The molecule has 4 rings (SSSR count). The lowest BCUT2D eigenvalue weighted by atomic mass is 10.2. The Balaban J connectivity index is 2.03. The quantitative estimate of drug-likeness (QED) is 0.225. The van der Waals surface area contributed by atoms with E-state index in [1.54, 1.807) is 36.4 Å². The molecule has 142 valence electrons. The first-order valence-electron chi connectivity index (χ1n) is 8.74. The number of para-hydroxylation sites is 2. The Bertz CT molecular complexity index is 1310. The summed E-state index contributed by atoms with van der Waals surface area (Å²) in [5.74, 6) is 0.321. The van der Waals surface area contributed by atoms with Gasteiger partial charge < -0.3 is 0 Å². The van der Waals surface area contributed by atoms with E-state index in [4.69, 9.17) is 0 Å². The van der Waals surface area contributed by atoms with E-state index < -0.39 is 4.92 Å². The van der Waals surface area contributed by atoms with Gasteiger partial charge in [-0.15, -0.1) is 0 Å². The van der Waals surface area contributed by atoms with Crippen LogP contribution in [0.4, 0.5) is 5.69 Å². The van der Waals surface area contributed by atoms with Gasteiger partial charge in [0.1, 0.15) is 11.5 Å². The molecule has 3 aromatic carbocycles. The van der Waals surface area contributed by atoms with Crippen molar-refractivity contribution in [1.82, 2.24) is 9.55 Å². The van der Waals surface area contributed by atoms with E-state index in [2.05, 4.69) is 27.6 Å². The highest BCUT2D eigenvalue weighted by Gasteiger charge is 2.19. The SMILES string of the molecule is O=c1c2cc(I)ccc2nc(C=Cc2ccccc2)n1-c1ccccc1[N+](=O)[O-]. The van der Waals surface area contributed by atoms with Gasteiger partial charge in [-0.05, 0) is 58.5 Å². The van der Waals surface area contributed by atoms with Gasteiger partial charge in [0, 0.05) is 9.64 Å². The van der Waals surface area contributed by atoms with E-state index in [0.29, 0.717) is 16.7 Å². The maximum Gasteiger partial charge on any atom is 0.293 e. The highest BCUT2D eigenvalue weighted by Crippen LogP contribution is 2.24. The van der Waals surface area contributed by atoms with Crippen LogP contribution in [0.25, 0.3) is 28.7 Å². The molecule has 0 fully saturated rings. The minimum atomic E-state index is -0.495. The van der Waals surface area contributed by atoms with Crippen LogP contribution in [-0.4, -0.2) is 14.5 Å². The van der Waals surface area contributed by atoms with Crippen molar-refractivity contribution in [2.45, 2.75) is 0 Å². The maximum atomic E-state index is 13.4. The van der Waals surface area contributed by atoms with Crippen molar-refractivity contribution in [3.8, 4) is 5.69 Å². The Morgan fingerprint density at radius 1 is 0.966 bits per heavy atom. The van der Waals surface area contributed by atoms with Gasteiger partial charge in [-0.2, -0.15) is 0 Å². The molecule has 0 unspecified atom stereocenters. The molecule has 1 heterocycles. The fourth-order valence-electron chi connectivity index (χ4n) is 3.06. The van der Waals surface area contributed by atoms with Gasteiger partial charge in [0.05, 0.1) is 15.8 Å². The molecule has 0 radical (unpaired) electrons. The van der Waals surface area contributed by atoms with Gasteiger partial charge in [0.2, 0.25) is 0 Å². The lowest BCUT2D eigenvalue weighted by Gasteiger charge is -2.12. The monoisotopic (exact) mass is 495 g/mol. The van der Waals surface area contributed by atoms with Gasteiger partial charge in [-0.1, -0.05) is 48.5 Å². The summed E-state index contributed by atoms with van der Waals surface area (Å²) in [5, 5.41) is 12.0. The van der Waals surface area contributed by atoms with Crippen LogP contribution in [0.15, 0.2) is 77.6 Å². The first-order chi connectivity index (χ1) is 14.0. The summed E-state index contributed by atoms with van der Waals surface area (Å²) in [6.45, 7) is 0. The van der Waals surface area contributed by atoms with E-state index in [-0.39, 0.29) is 16.9 Å². The Morgan fingerprint density at radius 3 is 2.45 bits per heavy atom. The van der Waals surface area contributed by atoms with Gasteiger partial charge in [-0.3, -0.25) is 19.5 Å². The van der Waals surface area contributed by atoms with Crippen molar-refractivity contribution < 1.29 is 4.92 Å². The predicted molar refractivity (Wildman–Crippen MR) is 122 cm³/mol. The molecule has 6 nitrogen and oxygen atoms in total. The second kappa shape index (κ2) is 7.96. The average Bonchev–Trinajstić information content (AvgIpc) is 2.73. The highest BCUT2D eigenvalue weighted by atomic mass is 127. The molecule has 0 aliphatic carbocycles. The second-order valence-electron chi connectivity index (χ2n) is 6.26. The van der Waals surface area contributed by atoms with E-state index in [0.717, 1.165) is 9.13 Å². The largest absolute Gasteiger partial charge is 0.293 e. The van der Waals surface area contributed by atoms with Gasteiger partial charge >= 0.3 is 0 Å². The number of fused-ring (bicyclic) bond motifs is 1. The van der Waals surface area contributed by atoms with Crippen molar-refractivity contribution in [1.29, 1.82) is 0 Å². The fraction of sp³-hybridized carbons (Fsp3) is 0. The number of hydrogen-bond donors (Lipinski definition) is 0. The van der Waals surface area contributed by atoms with Crippen molar-refractivity contribution in [3.63, 3.8) is 0 Å². The zero-order chi connectivity index (χ0) is 20.4. The van der Waals surface area contributed by atoms with E-state index in [9.17, 15) is 14.9 Å². The molecule has 0 aliphatic heterocycles. The van der Waals surface area contributed by atoms with Crippen LogP contribution < -0.4 is 5.56 Å². The molecule has 0 saturated heterocycles. The highest BCUT2D eigenvalue weighted by molar-refractivity contribution is 14.1. The van der Waals surface area contributed by atoms with Gasteiger partial charge in [0.15, 0.2) is 0 Å². The lowest BCUT2D eigenvalue weighted by molar-refractivity contribution is -0.384. The third-order valence-corrected chi connectivity index (χ3v) is 5.07. The number of hydrogen-bond acceptors (Lipinski definition) is 4. The standard InChI is InChI=1S/C22H14IN3O3/c23-16-11-12-18-17(14-16)22(27)25(19-8-4-5-9-20(19)26(28)29)21(24-18)13-10-15-6-2-1-3-7-15/h1-14H. The summed E-state index contributed by atoms with van der Waals surface area (Å²) in [5.41, 5.74) is 1.14. The molecule has 1 aromatic heterocycles. The number of nitro groups is 1. The summed E-state index contributed by atoms with van der Waals surface area (Å²) in [7, 11) is 0. The number of benzene rings is 3. The molecule has 7 heteroatoms. The lowest BCUT2D eigenvalue weighted by Crippen LogP contribution is -2.23. The number of nitro benzene ring substituents is 1. The molecule has 0 amide bonds. The van der Waals surface area contributed by atoms with Crippen LogP contribution in [0.2, 0.25) is 0 Å². The number of nitrogens with zero attached hydrogens (tertiary/aromatic N) is 3. The second-order valence-corrected chi connectivity index (χ2v) is 7.51. The third kappa shape index (κ3) is 3.81. The van der Waals surface area contributed by atoms with Crippen LogP contribution in [0.5, 0.6) is 0 Å². The van der Waals surface area contributed by atoms with E-state index >= 15 is 0 Å². The van der Waals surface area contributed by atoms with Crippen molar-refractivity contribution >= 4 is 51.3 Å². The summed E-state index contributed by atoms with van der Waals surface area (Å²) in [4.78, 5) is 29.0. The fourth-order valence-corrected chi connectivity index (χ4v) is 3.55. The number of aromatic nitrogens is 2. The molecular formula is C22H14IN3O3. The molecule has 4 aromatic rings. The molecule has 0 spiro atoms. The minimum absolute atomic E-state index is 0.157. The Morgan fingerprint density at radius 2 is 1.69 bits per heavy atom. The molecule has 0 saturated carbocycles. The van der Waals surface area contributed by atoms with Crippen LogP contribution >= 0.6 is 22.6 Å². The summed E-state index contributed by atoms with van der Waals surface area (Å²) >= 11 is 2.12. The zero-order valence-electron chi connectivity index (χ0n) is 15.0. The number of rotatable bonds is 4. The summed E-state index contributed by atoms with van der Waals surface area (Å²) in [6, 6.07) is 21.1. The first-order valence-corrected chi connectivity index (χ1v) is 9.82. The normalized spacial score (nSPS) is 11.2. The minimum Gasteiger partial charge on any atom is -0.268 e. The average molecular weight is 495 g/mol. The van der Waals surface area contributed by atoms with Crippen molar-refractivity contribution in [3.05, 3.63) is 108 Å². The molecule has 0 N–H and O–H groups in total. The van der Waals surface area contributed by atoms with Crippen molar-refractivity contribution in [2.24, 2.45) is 0 Å². The van der Waals surface area contributed by atoms with E-state index in [1.807, 2.05) is 42.5 Å². The van der Waals surface area contributed by atoms with Crippen LogP contribution in [0.3, 0.4) is 0 Å². The van der Waals surface area contributed by atoms with Crippen LogP contribution in [0, 0.1) is 13.7 Å².